The fourth-order valence-electron chi connectivity index (χ4n) is 9.29. The van der Waals surface area contributed by atoms with Gasteiger partial charge in [-0.15, -0.1) is 0 Å². The smallest absolute Gasteiger partial charge is 0.335 e. The van der Waals surface area contributed by atoms with E-state index in [-0.39, 0.29) is 0 Å². The van der Waals surface area contributed by atoms with E-state index in [2.05, 4.69) is 364 Å². The number of hydrogen-bond donors (Lipinski definition) is 1. The van der Waals surface area contributed by atoms with Crippen molar-refractivity contribution in [3.63, 3.8) is 0 Å². The number of hydrogen-bond acceptors (Lipinski definition) is 1. The van der Waals surface area contributed by atoms with Crippen LogP contribution in [0.25, 0.3) is 0 Å². The number of aromatic carboxylic acids is 1. The Morgan fingerprint density at radius 2 is 0.259 bits per heavy atom. The molecule has 0 amide bonds. The summed E-state index contributed by atoms with van der Waals surface area (Å²) in [6, 6.07) is 138. The lowest BCUT2D eigenvalue weighted by molar-refractivity contribution is 0.0697. The van der Waals surface area contributed by atoms with Gasteiger partial charge in [0.2, 0.25) is 0 Å². The minimum Gasteiger partial charge on any atom is -0.478 e. The Bertz CT molecular complexity index is 3020. The van der Waals surface area contributed by atoms with Crippen molar-refractivity contribution in [3.8, 4) is 0 Å². The Kier molecular flexibility index (Phi) is 24.2. The van der Waals surface area contributed by atoms with Crippen molar-refractivity contribution in [2.24, 2.45) is 0 Å². The molecule has 0 heterocycles. The first-order valence-electron chi connectivity index (χ1n) is 28.2. The highest BCUT2D eigenvalue weighted by atomic mass is 31.1. The summed E-state index contributed by atoms with van der Waals surface area (Å²) >= 11 is 0. The maximum absolute atomic E-state index is 10.2. The van der Waals surface area contributed by atoms with Gasteiger partial charge in [0, 0.05) is 0 Å². The number of carboxylic acid groups (broad SMARTS) is 1. The fraction of sp³-hybridized carbons (Fsp3) is 0. The molecule has 1 N–H and O–H groups in total. The molecule has 13 aromatic carbocycles. The molecule has 0 aliphatic rings. The average molecular weight is 1170 g/mol. The number of carbonyl (C=O) groups is 1. The highest BCUT2D eigenvalue weighted by Gasteiger charge is 2.18. The highest BCUT2D eigenvalue weighted by molar-refractivity contribution is 7.81. The predicted molar refractivity (Wildman–Crippen MR) is 374 cm³/mol. The van der Waals surface area contributed by atoms with Crippen molar-refractivity contribution < 1.29 is 9.90 Å². The van der Waals surface area contributed by atoms with Crippen LogP contribution >= 0.6 is 31.7 Å². The summed E-state index contributed by atoms with van der Waals surface area (Å²) in [5.41, 5.74) is 0.331. The summed E-state index contributed by atoms with van der Waals surface area (Å²) in [5.74, 6) is -0.879. The summed E-state index contributed by atoms with van der Waals surface area (Å²) in [5, 5.41) is 25.2. The van der Waals surface area contributed by atoms with Crippen molar-refractivity contribution in [2.45, 2.75) is 0 Å². The fourth-order valence-corrected chi connectivity index (χ4v) is 18.5. The Hall–Kier alpha value is -8.95. The van der Waals surface area contributed by atoms with Crippen LogP contribution < -0.4 is 63.7 Å². The van der Waals surface area contributed by atoms with E-state index in [1.165, 1.54) is 63.7 Å². The van der Waals surface area contributed by atoms with Crippen LogP contribution in [0, 0.1) is 0 Å². The van der Waals surface area contributed by atoms with Gasteiger partial charge in [-0.05, 0) is 107 Å². The van der Waals surface area contributed by atoms with Crippen LogP contribution in [0.2, 0.25) is 0 Å². The molecule has 414 valence electrons. The molecule has 13 aromatic rings. The van der Waals surface area contributed by atoms with Crippen LogP contribution in [0.4, 0.5) is 0 Å². The Morgan fingerprint density at radius 1 is 0.165 bits per heavy atom. The highest BCUT2D eigenvalue weighted by Crippen LogP contribution is 2.35. The molecule has 0 atom stereocenters. The largest absolute Gasteiger partial charge is 0.478 e. The van der Waals surface area contributed by atoms with Gasteiger partial charge in [0.15, 0.2) is 0 Å². The van der Waals surface area contributed by atoms with E-state index in [1.54, 1.807) is 30.3 Å². The van der Waals surface area contributed by atoms with Crippen molar-refractivity contribution in [2.75, 3.05) is 0 Å². The average Bonchev–Trinajstić information content (AvgIpc) is 3.67. The van der Waals surface area contributed by atoms with Gasteiger partial charge in [0.05, 0.1) is 5.56 Å². The molecule has 85 heavy (non-hydrogen) atoms. The zero-order valence-electron chi connectivity index (χ0n) is 47.2. The standard InChI is InChI=1S/4C18H15P.C7H6O2/c4*1-4-10-16(11-5-1)19(17-12-6-2-7-13-17)18-14-8-3-9-15-18;8-7(9)6-4-2-1-3-5-6/h4*1-15H;1-5H,(H,8,9). The predicted octanol–water partition coefficient (Wildman–Crippen LogP) is 15.2. The molecule has 0 unspecified atom stereocenters. The quantitative estimate of drug-likeness (QED) is 0.117. The second kappa shape index (κ2) is 34.0. The molecule has 0 radical (unpaired) electrons. The van der Waals surface area contributed by atoms with Gasteiger partial charge in [-0.25, -0.2) is 4.79 Å². The summed E-state index contributed by atoms with van der Waals surface area (Å²) in [6.07, 6.45) is 0. The van der Waals surface area contributed by atoms with Crippen LogP contribution in [0.1, 0.15) is 10.4 Å². The van der Waals surface area contributed by atoms with E-state index < -0.39 is 37.7 Å². The van der Waals surface area contributed by atoms with E-state index in [4.69, 9.17) is 5.11 Å². The van der Waals surface area contributed by atoms with Crippen LogP contribution in [-0.4, -0.2) is 11.1 Å². The van der Waals surface area contributed by atoms with Crippen LogP contribution in [-0.2, 0) is 0 Å². The second-order valence-electron chi connectivity index (χ2n) is 19.0. The monoisotopic (exact) mass is 1170 g/mol. The Labute approximate surface area is 507 Å². The van der Waals surface area contributed by atoms with Gasteiger partial charge >= 0.3 is 5.97 Å². The minimum atomic E-state index is -0.879. The normalized spacial score (nSPS) is 10.4. The first-order chi connectivity index (χ1) is 42.1. The number of benzene rings is 13. The number of rotatable bonds is 13. The maximum Gasteiger partial charge on any atom is 0.335 e. The number of carboxylic acids is 1. The van der Waals surface area contributed by atoms with Gasteiger partial charge in [-0.1, -0.05) is 382 Å². The third kappa shape index (κ3) is 18.5. The molecule has 0 saturated heterocycles. The third-order valence-corrected chi connectivity index (χ3v) is 23.0. The van der Waals surface area contributed by atoms with E-state index in [9.17, 15) is 4.79 Å². The van der Waals surface area contributed by atoms with Gasteiger partial charge in [0.25, 0.3) is 0 Å². The molecular formula is C79H66O2P4. The van der Waals surface area contributed by atoms with Crippen molar-refractivity contribution >= 4 is 101 Å². The summed E-state index contributed by atoms with van der Waals surface area (Å²) in [4.78, 5) is 10.2. The molecular weight excluding hydrogens is 1100 g/mol. The maximum atomic E-state index is 10.2. The Balaban J connectivity index is 0.000000129. The van der Waals surface area contributed by atoms with Crippen molar-refractivity contribution in [1.29, 1.82) is 0 Å². The SMILES string of the molecule is O=C(O)c1ccccc1.c1ccc(P(c2ccccc2)c2ccccc2)cc1.c1ccc(P(c2ccccc2)c2ccccc2)cc1.c1ccc(P(c2ccccc2)c2ccccc2)cc1.c1ccc(P(c2ccccc2)c2ccccc2)cc1. The molecule has 13 rings (SSSR count). The minimum absolute atomic E-state index is 0.331. The molecule has 0 saturated carbocycles. The molecule has 0 fully saturated rings. The topological polar surface area (TPSA) is 37.3 Å². The van der Waals surface area contributed by atoms with Crippen LogP contribution in [0.3, 0.4) is 0 Å². The van der Waals surface area contributed by atoms with Gasteiger partial charge in [0.1, 0.15) is 0 Å². The summed E-state index contributed by atoms with van der Waals surface area (Å²) in [6.45, 7) is 0. The molecule has 0 aromatic heterocycles. The Morgan fingerprint density at radius 3 is 0.341 bits per heavy atom. The van der Waals surface area contributed by atoms with Gasteiger partial charge in [-0.3, -0.25) is 0 Å². The molecule has 0 aliphatic heterocycles. The molecule has 0 aliphatic carbocycles. The summed E-state index contributed by atoms with van der Waals surface area (Å²) in [7, 11) is -1.78. The van der Waals surface area contributed by atoms with E-state index in [0.717, 1.165) is 0 Å². The van der Waals surface area contributed by atoms with E-state index in [0.29, 0.717) is 5.56 Å². The lowest BCUT2D eigenvalue weighted by Crippen LogP contribution is -2.20. The van der Waals surface area contributed by atoms with E-state index in [1.807, 2.05) is 0 Å². The van der Waals surface area contributed by atoms with Gasteiger partial charge in [-0.2, -0.15) is 0 Å². The zero-order valence-corrected chi connectivity index (χ0v) is 50.7. The van der Waals surface area contributed by atoms with Crippen LogP contribution in [0.15, 0.2) is 394 Å². The first-order valence-corrected chi connectivity index (χ1v) is 33.6. The zero-order chi connectivity index (χ0) is 58.4. The van der Waals surface area contributed by atoms with E-state index >= 15 is 0 Å². The molecule has 0 bridgehead atoms. The van der Waals surface area contributed by atoms with Crippen molar-refractivity contribution in [3.05, 3.63) is 400 Å². The first kappa shape index (κ1) is 60.6. The van der Waals surface area contributed by atoms with Gasteiger partial charge < -0.3 is 5.11 Å². The molecule has 2 nitrogen and oxygen atoms in total. The lowest BCUT2D eigenvalue weighted by Gasteiger charge is -2.18. The third-order valence-electron chi connectivity index (χ3n) is 13.2. The molecule has 0 spiro atoms. The summed E-state index contributed by atoms with van der Waals surface area (Å²) < 4.78 is 0. The van der Waals surface area contributed by atoms with Crippen molar-refractivity contribution in [1.82, 2.24) is 0 Å². The lowest BCUT2D eigenvalue weighted by atomic mass is 10.2. The van der Waals surface area contributed by atoms with Crippen LogP contribution in [0.5, 0.6) is 0 Å². The molecule has 6 heteroatoms. The second-order valence-corrected chi connectivity index (χ2v) is 27.9.